The van der Waals surface area contributed by atoms with Crippen molar-refractivity contribution in [1.82, 2.24) is 4.98 Å². The minimum Gasteiger partial charge on any atom is -0.478 e. The Labute approximate surface area is 87.7 Å². The Morgan fingerprint density at radius 2 is 2.13 bits per heavy atom. The SMILES string of the molecule is O=C(O)c1ccc(NC2CC=CC2)nc1. The number of hydrogen-bond acceptors (Lipinski definition) is 3. The number of rotatable bonds is 3. The van der Waals surface area contributed by atoms with Crippen molar-refractivity contribution >= 4 is 11.8 Å². The predicted molar refractivity (Wildman–Crippen MR) is 57.0 cm³/mol. The third-order valence-corrected chi connectivity index (χ3v) is 2.37. The third kappa shape index (κ3) is 2.34. The maximum Gasteiger partial charge on any atom is 0.337 e. The van der Waals surface area contributed by atoms with Crippen LogP contribution in [-0.4, -0.2) is 22.1 Å². The summed E-state index contributed by atoms with van der Waals surface area (Å²) in [7, 11) is 0. The molecule has 0 fully saturated rings. The molecule has 0 saturated carbocycles. The standard InChI is InChI=1S/C11H12N2O2/c14-11(15)8-5-6-10(12-7-8)13-9-3-1-2-4-9/h1-2,5-7,9H,3-4H2,(H,12,13)(H,14,15). The molecule has 2 rings (SSSR count). The summed E-state index contributed by atoms with van der Waals surface area (Å²) in [5, 5.41) is 11.9. The summed E-state index contributed by atoms with van der Waals surface area (Å²) in [4.78, 5) is 14.6. The van der Waals surface area contributed by atoms with Gasteiger partial charge >= 0.3 is 5.97 Å². The van der Waals surface area contributed by atoms with Crippen LogP contribution in [0.2, 0.25) is 0 Å². The second kappa shape index (κ2) is 4.13. The van der Waals surface area contributed by atoms with Gasteiger partial charge in [-0.15, -0.1) is 0 Å². The summed E-state index contributed by atoms with van der Waals surface area (Å²) >= 11 is 0. The Kier molecular flexibility index (Phi) is 2.67. The summed E-state index contributed by atoms with van der Waals surface area (Å²) in [6, 6.07) is 3.65. The van der Waals surface area contributed by atoms with Gasteiger partial charge in [0.2, 0.25) is 0 Å². The smallest absolute Gasteiger partial charge is 0.337 e. The molecule has 0 radical (unpaired) electrons. The lowest BCUT2D eigenvalue weighted by Crippen LogP contribution is -2.16. The van der Waals surface area contributed by atoms with Gasteiger partial charge in [-0.05, 0) is 25.0 Å². The van der Waals surface area contributed by atoms with E-state index in [4.69, 9.17) is 5.11 Å². The van der Waals surface area contributed by atoms with Gasteiger partial charge in [-0.2, -0.15) is 0 Å². The Morgan fingerprint density at radius 3 is 2.67 bits per heavy atom. The highest BCUT2D eigenvalue weighted by atomic mass is 16.4. The molecule has 0 spiro atoms. The van der Waals surface area contributed by atoms with E-state index in [0.717, 1.165) is 18.7 Å². The highest BCUT2D eigenvalue weighted by molar-refractivity contribution is 5.87. The van der Waals surface area contributed by atoms with Gasteiger partial charge in [0.25, 0.3) is 0 Å². The number of aromatic nitrogens is 1. The van der Waals surface area contributed by atoms with E-state index in [0.29, 0.717) is 6.04 Å². The van der Waals surface area contributed by atoms with Crippen molar-refractivity contribution in [2.45, 2.75) is 18.9 Å². The third-order valence-electron chi connectivity index (χ3n) is 2.37. The van der Waals surface area contributed by atoms with Gasteiger partial charge in [-0.1, -0.05) is 12.2 Å². The minimum atomic E-state index is -0.948. The van der Waals surface area contributed by atoms with Crippen LogP contribution >= 0.6 is 0 Å². The van der Waals surface area contributed by atoms with Crippen LogP contribution in [-0.2, 0) is 0 Å². The molecule has 1 aromatic heterocycles. The molecule has 1 aromatic rings. The van der Waals surface area contributed by atoms with Gasteiger partial charge in [-0.3, -0.25) is 0 Å². The van der Waals surface area contributed by atoms with E-state index in [1.165, 1.54) is 6.20 Å². The Hall–Kier alpha value is -1.84. The fourth-order valence-corrected chi connectivity index (χ4v) is 1.55. The van der Waals surface area contributed by atoms with Crippen LogP contribution in [0.15, 0.2) is 30.5 Å². The normalized spacial score (nSPS) is 15.5. The van der Waals surface area contributed by atoms with Gasteiger partial charge < -0.3 is 10.4 Å². The fraction of sp³-hybridized carbons (Fsp3) is 0.273. The largest absolute Gasteiger partial charge is 0.478 e. The van der Waals surface area contributed by atoms with Crippen molar-refractivity contribution in [2.24, 2.45) is 0 Å². The van der Waals surface area contributed by atoms with Crippen molar-refractivity contribution in [3.8, 4) is 0 Å². The molecular formula is C11H12N2O2. The number of carboxylic acids is 1. The lowest BCUT2D eigenvalue weighted by atomic mass is 10.2. The van der Waals surface area contributed by atoms with Crippen molar-refractivity contribution in [1.29, 1.82) is 0 Å². The quantitative estimate of drug-likeness (QED) is 0.738. The van der Waals surface area contributed by atoms with Crippen molar-refractivity contribution < 1.29 is 9.90 Å². The fourth-order valence-electron chi connectivity index (χ4n) is 1.55. The molecular weight excluding hydrogens is 192 g/mol. The minimum absolute atomic E-state index is 0.213. The number of nitrogens with one attached hydrogen (secondary N) is 1. The summed E-state index contributed by atoms with van der Waals surface area (Å²) in [5.74, 6) is -0.217. The summed E-state index contributed by atoms with van der Waals surface area (Å²) in [5.41, 5.74) is 0.213. The van der Waals surface area contributed by atoms with Crippen LogP contribution < -0.4 is 5.32 Å². The Bertz CT molecular complexity index is 376. The molecule has 0 saturated heterocycles. The van der Waals surface area contributed by atoms with Crippen LogP contribution in [0.5, 0.6) is 0 Å². The van der Waals surface area contributed by atoms with Crippen molar-refractivity contribution in [3.63, 3.8) is 0 Å². The topological polar surface area (TPSA) is 62.2 Å². The van der Waals surface area contributed by atoms with Gasteiger partial charge in [0.05, 0.1) is 5.56 Å². The average Bonchev–Trinajstić information content (AvgIpc) is 2.71. The predicted octanol–water partition coefficient (Wildman–Crippen LogP) is 1.91. The number of carbonyl (C=O) groups is 1. The summed E-state index contributed by atoms with van der Waals surface area (Å²) < 4.78 is 0. The molecule has 0 aromatic carbocycles. The van der Waals surface area contributed by atoms with E-state index in [1.54, 1.807) is 12.1 Å². The molecule has 0 bridgehead atoms. The molecule has 78 valence electrons. The zero-order valence-electron chi connectivity index (χ0n) is 8.18. The molecule has 4 nitrogen and oxygen atoms in total. The van der Waals surface area contributed by atoms with Gasteiger partial charge in [0.1, 0.15) is 5.82 Å². The van der Waals surface area contributed by atoms with Gasteiger partial charge in [0.15, 0.2) is 0 Å². The highest BCUT2D eigenvalue weighted by Gasteiger charge is 2.10. The maximum absolute atomic E-state index is 10.6. The molecule has 0 amide bonds. The lowest BCUT2D eigenvalue weighted by molar-refractivity contribution is 0.0696. The first-order valence-corrected chi connectivity index (χ1v) is 4.86. The second-order valence-corrected chi connectivity index (χ2v) is 3.52. The molecule has 0 atom stereocenters. The number of carboxylic acid groups (broad SMARTS) is 1. The zero-order valence-corrected chi connectivity index (χ0v) is 8.18. The molecule has 4 heteroatoms. The summed E-state index contributed by atoms with van der Waals surface area (Å²) in [6.45, 7) is 0. The van der Waals surface area contributed by atoms with E-state index in [-0.39, 0.29) is 5.56 Å². The average molecular weight is 204 g/mol. The number of aromatic carboxylic acids is 1. The lowest BCUT2D eigenvalue weighted by Gasteiger charge is -2.12. The summed E-state index contributed by atoms with van der Waals surface area (Å²) in [6.07, 6.45) is 7.63. The van der Waals surface area contributed by atoms with Gasteiger partial charge in [-0.25, -0.2) is 9.78 Å². The molecule has 0 aliphatic heterocycles. The van der Waals surface area contributed by atoms with Gasteiger partial charge in [0, 0.05) is 12.2 Å². The van der Waals surface area contributed by atoms with Crippen LogP contribution in [0.3, 0.4) is 0 Å². The van der Waals surface area contributed by atoms with Crippen LogP contribution in [0.4, 0.5) is 5.82 Å². The van der Waals surface area contributed by atoms with E-state index in [9.17, 15) is 4.79 Å². The molecule has 1 aliphatic carbocycles. The van der Waals surface area contributed by atoms with Crippen molar-refractivity contribution in [3.05, 3.63) is 36.0 Å². The van der Waals surface area contributed by atoms with E-state index < -0.39 is 5.97 Å². The van der Waals surface area contributed by atoms with E-state index in [1.807, 2.05) is 0 Å². The number of hydrogen-bond donors (Lipinski definition) is 2. The first kappa shape index (κ1) is 9.71. The molecule has 2 N–H and O–H groups in total. The molecule has 1 aliphatic rings. The second-order valence-electron chi connectivity index (χ2n) is 3.52. The highest BCUT2D eigenvalue weighted by Crippen LogP contribution is 2.15. The first-order valence-electron chi connectivity index (χ1n) is 4.86. The van der Waals surface area contributed by atoms with Crippen LogP contribution in [0.1, 0.15) is 23.2 Å². The Morgan fingerprint density at radius 1 is 1.40 bits per heavy atom. The number of pyridine rings is 1. The van der Waals surface area contributed by atoms with E-state index >= 15 is 0 Å². The molecule has 1 heterocycles. The number of nitrogens with zero attached hydrogens (tertiary/aromatic N) is 1. The van der Waals surface area contributed by atoms with Crippen LogP contribution in [0, 0.1) is 0 Å². The maximum atomic E-state index is 10.6. The molecule has 15 heavy (non-hydrogen) atoms. The van der Waals surface area contributed by atoms with Crippen LogP contribution in [0.25, 0.3) is 0 Å². The Balaban J connectivity index is 2.00. The van der Waals surface area contributed by atoms with E-state index in [2.05, 4.69) is 22.5 Å². The number of anilines is 1. The van der Waals surface area contributed by atoms with Crippen molar-refractivity contribution in [2.75, 3.05) is 5.32 Å². The zero-order chi connectivity index (χ0) is 10.7. The molecule has 0 unspecified atom stereocenters. The first-order chi connectivity index (χ1) is 7.25. The monoisotopic (exact) mass is 204 g/mol.